The molecular formula is C24H51O3P. The topological polar surface area (TPSA) is 27.7 Å². The highest BCUT2D eigenvalue weighted by Crippen LogP contribution is 2.45. The predicted molar refractivity (Wildman–Crippen MR) is 125 cm³/mol. The van der Waals surface area contributed by atoms with Crippen LogP contribution in [0.25, 0.3) is 0 Å². The summed E-state index contributed by atoms with van der Waals surface area (Å²) >= 11 is 0. The molecule has 0 aromatic carbocycles. The van der Waals surface area contributed by atoms with Crippen molar-refractivity contribution >= 4 is 8.60 Å². The van der Waals surface area contributed by atoms with Crippen molar-refractivity contribution in [3.05, 3.63) is 0 Å². The van der Waals surface area contributed by atoms with Crippen LogP contribution in [0.4, 0.5) is 0 Å². The zero-order valence-electron chi connectivity index (χ0n) is 20.0. The molecule has 0 aliphatic rings. The lowest BCUT2D eigenvalue weighted by molar-refractivity contribution is 0.0703. The van der Waals surface area contributed by atoms with Crippen LogP contribution in [0, 0.1) is 0 Å². The van der Waals surface area contributed by atoms with Crippen molar-refractivity contribution in [1.82, 2.24) is 0 Å². The van der Waals surface area contributed by atoms with Gasteiger partial charge in [0.25, 0.3) is 0 Å². The maximum absolute atomic E-state index is 6.25. The highest BCUT2D eigenvalue weighted by atomic mass is 31.2. The summed E-state index contributed by atoms with van der Waals surface area (Å²) in [7, 11) is -1.25. The molecule has 0 rings (SSSR count). The van der Waals surface area contributed by atoms with E-state index < -0.39 is 8.60 Å². The first-order valence-corrected chi connectivity index (χ1v) is 13.4. The summed E-state index contributed by atoms with van der Waals surface area (Å²) < 4.78 is 18.7. The summed E-state index contributed by atoms with van der Waals surface area (Å²) in [4.78, 5) is 0. The van der Waals surface area contributed by atoms with Gasteiger partial charge in [-0.05, 0) is 40.0 Å². The number of hydrogen-bond donors (Lipinski definition) is 0. The van der Waals surface area contributed by atoms with E-state index in [-0.39, 0.29) is 18.3 Å². The molecule has 0 saturated heterocycles. The Morgan fingerprint density at radius 3 is 1.00 bits per heavy atom. The van der Waals surface area contributed by atoms with Crippen LogP contribution in [-0.4, -0.2) is 18.3 Å². The van der Waals surface area contributed by atoms with Crippen LogP contribution in [0.15, 0.2) is 0 Å². The monoisotopic (exact) mass is 418 g/mol. The zero-order valence-corrected chi connectivity index (χ0v) is 20.9. The summed E-state index contributed by atoms with van der Waals surface area (Å²) in [6.45, 7) is 13.3. The van der Waals surface area contributed by atoms with Crippen molar-refractivity contribution in [2.45, 2.75) is 156 Å². The van der Waals surface area contributed by atoms with Crippen molar-refractivity contribution in [3.8, 4) is 0 Å². The van der Waals surface area contributed by atoms with Gasteiger partial charge in [-0.15, -0.1) is 0 Å². The zero-order chi connectivity index (χ0) is 21.0. The smallest absolute Gasteiger partial charge is 0.309 e. The lowest BCUT2D eigenvalue weighted by atomic mass is 10.1. The minimum absolute atomic E-state index is 0.211. The Morgan fingerprint density at radius 1 is 0.464 bits per heavy atom. The molecule has 0 amide bonds. The second-order valence-electron chi connectivity index (χ2n) is 8.52. The molecule has 0 aromatic heterocycles. The molecular weight excluding hydrogens is 367 g/mol. The van der Waals surface area contributed by atoms with Gasteiger partial charge < -0.3 is 13.6 Å². The van der Waals surface area contributed by atoms with Crippen LogP contribution >= 0.6 is 8.60 Å². The molecule has 0 bridgehead atoms. The van der Waals surface area contributed by atoms with Crippen LogP contribution in [0.5, 0.6) is 0 Å². The second-order valence-corrected chi connectivity index (χ2v) is 9.60. The normalized spacial score (nSPS) is 15.1. The summed E-state index contributed by atoms with van der Waals surface area (Å²) in [6.07, 6.45) is 19.3. The van der Waals surface area contributed by atoms with Crippen molar-refractivity contribution in [1.29, 1.82) is 0 Å². The fourth-order valence-corrected chi connectivity index (χ4v) is 4.60. The number of unbranched alkanes of at least 4 members (excludes halogenated alkanes) is 9. The summed E-state index contributed by atoms with van der Waals surface area (Å²) in [5.41, 5.74) is 0. The fourth-order valence-electron chi connectivity index (χ4n) is 3.25. The SMILES string of the molecule is CCCCCC[C@@H](C)OP(O[C@H](C)CCCCCC)O[C@@H](C)CCCCCC. The van der Waals surface area contributed by atoms with Crippen molar-refractivity contribution < 1.29 is 13.6 Å². The Morgan fingerprint density at radius 2 is 0.750 bits per heavy atom. The average Bonchev–Trinajstić information content (AvgIpc) is 2.66. The molecule has 3 atom stereocenters. The first-order valence-electron chi connectivity index (χ1n) is 12.3. The predicted octanol–water partition coefficient (Wildman–Crippen LogP) is 9.34. The van der Waals surface area contributed by atoms with E-state index in [1.165, 1.54) is 77.0 Å². The Labute approximate surface area is 178 Å². The number of rotatable bonds is 21. The summed E-state index contributed by atoms with van der Waals surface area (Å²) in [5.74, 6) is 0. The van der Waals surface area contributed by atoms with Gasteiger partial charge in [-0.1, -0.05) is 97.8 Å². The third-order valence-corrected chi connectivity index (χ3v) is 6.79. The highest BCUT2D eigenvalue weighted by molar-refractivity contribution is 7.41. The molecule has 170 valence electrons. The van der Waals surface area contributed by atoms with E-state index in [0.717, 1.165) is 19.3 Å². The van der Waals surface area contributed by atoms with E-state index in [2.05, 4.69) is 41.5 Å². The standard InChI is InChI=1S/C24H51O3P/c1-7-10-13-16-19-22(4)25-28(26-23(5)20-17-14-11-8-2)27-24(6)21-18-15-12-9-3/h22-24H,7-21H2,1-6H3/t22-,23-,24+/m1/s1. The summed E-state index contributed by atoms with van der Waals surface area (Å²) in [6, 6.07) is 0. The first kappa shape index (κ1) is 28.3. The average molecular weight is 419 g/mol. The van der Waals surface area contributed by atoms with E-state index in [1.54, 1.807) is 0 Å². The van der Waals surface area contributed by atoms with E-state index in [1.807, 2.05) is 0 Å². The van der Waals surface area contributed by atoms with Gasteiger partial charge in [0, 0.05) is 0 Å². The van der Waals surface area contributed by atoms with Crippen LogP contribution in [0.1, 0.15) is 138 Å². The van der Waals surface area contributed by atoms with Crippen molar-refractivity contribution in [2.24, 2.45) is 0 Å². The third kappa shape index (κ3) is 18.3. The van der Waals surface area contributed by atoms with Crippen LogP contribution in [0.3, 0.4) is 0 Å². The molecule has 0 fully saturated rings. The molecule has 3 nitrogen and oxygen atoms in total. The molecule has 0 aliphatic carbocycles. The van der Waals surface area contributed by atoms with Gasteiger partial charge in [0.2, 0.25) is 0 Å². The van der Waals surface area contributed by atoms with E-state index in [4.69, 9.17) is 13.6 Å². The summed E-state index contributed by atoms with van der Waals surface area (Å²) in [5, 5.41) is 0. The molecule has 4 heteroatoms. The lowest BCUT2D eigenvalue weighted by Gasteiger charge is -2.26. The third-order valence-electron chi connectivity index (χ3n) is 5.19. The Hall–Kier alpha value is 0.310. The second kappa shape index (κ2) is 20.6. The molecule has 0 aromatic rings. The maximum Gasteiger partial charge on any atom is 0.333 e. The highest BCUT2D eigenvalue weighted by Gasteiger charge is 2.22. The Bertz CT molecular complexity index is 267. The van der Waals surface area contributed by atoms with Crippen LogP contribution in [0.2, 0.25) is 0 Å². The minimum atomic E-state index is -1.25. The van der Waals surface area contributed by atoms with Gasteiger partial charge in [0.1, 0.15) is 0 Å². The molecule has 0 unspecified atom stereocenters. The van der Waals surface area contributed by atoms with Gasteiger partial charge in [-0.25, -0.2) is 0 Å². The fraction of sp³-hybridized carbons (Fsp3) is 1.00. The van der Waals surface area contributed by atoms with Crippen molar-refractivity contribution in [2.75, 3.05) is 0 Å². The Balaban J connectivity index is 4.38. The van der Waals surface area contributed by atoms with Gasteiger partial charge >= 0.3 is 8.60 Å². The molecule has 0 spiro atoms. The first-order chi connectivity index (χ1) is 13.5. The minimum Gasteiger partial charge on any atom is -0.309 e. The quantitative estimate of drug-likeness (QED) is 0.137. The lowest BCUT2D eigenvalue weighted by Crippen LogP contribution is -2.15. The Kier molecular flexibility index (Phi) is 20.8. The van der Waals surface area contributed by atoms with Crippen LogP contribution < -0.4 is 0 Å². The molecule has 28 heavy (non-hydrogen) atoms. The molecule has 0 radical (unpaired) electrons. The van der Waals surface area contributed by atoms with Crippen LogP contribution in [-0.2, 0) is 13.6 Å². The molecule has 0 saturated carbocycles. The molecule has 0 heterocycles. The molecule has 0 N–H and O–H groups in total. The van der Waals surface area contributed by atoms with E-state index in [0.29, 0.717) is 0 Å². The van der Waals surface area contributed by atoms with E-state index >= 15 is 0 Å². The van der Waals surface area contributed by atoms with E-state index in [9.17, 15) is 0 Å². The number of hydrogen-bond acceptors (Lipinski definition) is 3. The van der Waals surface area contributed by atoms with Crippen molar-refractivity contribution in [3.63, 3.8) is 0 Å². The largest absolute Gasteiger partial charge is 0.333 e. The van der Waals surface area contributed by atoms with Gasteiger partial charge in [-0.2, -0.15) is 0 Å². The molecule has 0 aliphatic heterocycles. The van der Waals surface area contributed by atoms with Gasteiger partial charge in [-0.3, -0.25) is 0 Å². The van der Waals surface area contributed by atoms with Gasteiger partial charge in [0.15, 0.2) is 0 Å². The van der Waals surface area contributed by atoms with Gasteiger partial charge in [0.05, 0.1) is 18.3 Å². The maximum atomic E-state index is 6.25.